The van der Waals surface area contributed by atoms with Crippen LogP contribution >= 0.6 is 0 Å². The van der Waals surface area contributed by atoms with E-state index in [1.165, 1.54) is 0 Å². The standard InChI is InChI=1S/C20H18N4O5/c25-17(21-11-5-7-16-15(9-11)22-18(26)10-29-16)8-6-14-20(28)23-13-4-2-1-3-12(13)19(27)24-14/h1-5,7,9,14H,6,8,10H2,(H,21,25)(H,22,26)(H,23,28)(H,24,27)/t14-/m0/s1. The van der Waals surface area contributed by atoms with Crippen LogP contribution in [0.5, 0.6) is 5.75 Å². The molecule has 1 atom stereocenters. The maximum Gasteiger partial charge on any atom is 0.262 e. The highest BCUT2D eigenvalue weighted by Crippen LogP contribution is 2.30. The second-order valence-electron chi connectivity index (χ2n) is 6.70. The number of rotatable bonds is 4. The predicted molar refractivity (Wildman–Crippen MR) is 105 cm³/mol. The van der Waals surface area contributed by atoms with E-state index in [4.69, 9.17) is 4.74 Å². The lowest BCUT2D eigenvalue weighted by Gasteiger charge is -2.19. The van der Waals surface area contributed by atoms with Gasteiger partial charge in [-0.1, -0.05) is 12.1 Å². The minimum absolute atomic E-state index is 0.0225. The zero-order valence-corrected chi connectivity index (χ0v) is 15.3. The van der Waals surface area contributed by atoms with E-state index in [1.54, 1.807) is 42.5 Å². The van der Waals surface area contributed by atoms with Crippen molar-refractivity contribution in [1.82, 2.24) is 5.32 Å². The van der Waals surface area contributed by atoms with Gasteiger partial charge in [0.25, 0.3) is 11.8 Å². The van der Waals surface area contributed by atoms with Gasteiger partial charge in [-0.05, 0) is 36.8 Å². The maximum atomic E-state index is 12.4. The number of ether oxygens (including phenoxy) is 1. The molecule has 0 radical (unpaired) electrons. The summed E-state index contributed by atoms with van der Waals surface area (Å²) in [6, 6.07) is 10.8. The Bertz CT molecular complexity index is 1020. The van der Waals surface area contributed by atoms with Gasteiger partial charge in [-0.25, -0.2) is 0 Å². The number of carbonyl (C=O) groups is 4. The molecule has 2 aromatic rings. The molecule has 4 amide bonds. The summed E-state index contributed by atoms with van der Waals surface area (Å²) in [5.41, 5.74) is 1.79. The fourth-order valence-corrected chi connectivity index (χ4v) is 3.17. The van der Waals surface area contributed by atoms with E-state index in [-0.39, 0.29) is 43.1 Å². The van der Waals surface area contributed by atoms with Crippen molar-refractivity contribution in [3.63, 3.8) is 0 Å². The zero-order chi connectivity index (χ0) is 20.4. The van der Waals surface area contributed by atoms with E-state index in [0.717, 1.165) is 0 Å². The van der Waals surface area contributed by atoms with Crippen molar-refractivity contribution < 1.29 is 23.9 Å². The summed E-state index contributed by atoms with van der Waals surface area (Å²) in [6.45, 7) is -0.0439. The third-order valence-corrected chi connectivity index (χ3v) is 4.61. The van der Waals surface area contributed by atoms with Gasteiger partial charge < -0.3 is 26.0 Å². The first kappa shape index (κ1) is 18.5. The molecule has 2 heterocycles. The van der Waals surface area contributed by atoms with Gasteiger partial charge in [0.15, 0.2) is 6.61 Å². The van der Waals surface area contributed by atoms with Gasteiger partial charge in [0, 0.05) is 12.1 Å². The summed E-state index contributed by atoms with van der Waals surface area (Å²) in [5.74, 6) is -0.798. The number of amides is 4. The minimum atomic E-state index is -0.822. The molecule has 0 saturated carbocycles. The molecular formula is C20H18N4O5. The molecule has 9 nitrogen and oxygen atoms in total. The smallest absolute Gasteiger partial charge is 0.262 e. The lowest BCUT2D eigenvalue weighted by Crippen LogP contribution is -2.41. The average Bonchev–Trinajstić information content (AvgIpc) is 2.82. The summed E-state index contributed by atoms with van der Waals surface area (Å²) >= 11 is 0. The predicted octanol–water partition coefficient (Wildman–Crippen LogP) is 1.49. The Morgan fingerprint density at radius 2 is 1.90 bits per heavy atom. The van der Waals surface area contributed by atoms with Crippen LogP contribution in [0.2, 0.25) is 0 Å². The van der Waals surface area contributed by atoms with Crippen LogP contribution in [-0.4, -0.2) is 36.3 Å². The molecule has 29 heavy (non-hydrogen) atoms. The van der Waals surface area contributed by atoms with Gasteiger partial charge in [-0.3, -0.25) is 19.2 Å². The van der Waals surface area contributed by atoms with Gasteiger partial charge in [0.2, 0.25) is 11.8 Å². The topological polar surface area (TPSA) is 126 Å². The SMILES string of the molecule is O=C(CC[C@@H]1NC(=O)c2ccccc2NC1=O)Nc1ccc2c(c1)NC(=O)CO2. The second kappa shape index (κ2) is 7.63. The van der Waals surface area contributed by atoms with Crippen LogP contribution in [-0.2, 0) is 14.4 Å². The lowest BCUT2D eigenvalue weighted by atomic mass is 10.1. The quantitative estimate of drug-likeness (QED) is 0.625. The normalized spacial score (nSPS) is 17.5. The molecule has 0 aliphatic carbocycles. The number of benzene rings is 2. The van der Waals surface area contributed by atoms with Crippen molar-refractivity contribution in [2.24, 2.45) is 0 Å². The van der Waals surface area contributed by atoms with E-state index < -0.39 is 6.04 Å². The molecule has 2 aliphatic heterocycles. The number of carbonyl (C=O) groups excluding carboxylic acids is 4. The van der Waals surface area contributed by atoms with E-state index >= 15 is 0 Å². The van der Waals surface area contributed by atoms with Gasteiger partial charge >= 0.3 is 0 Å². The first-order valence-electron chi connectivity index (χ1n) is 9.07. The van der Waals surface area contributed by atoms with Crippen molar-refractivity contribution in [3.05, 3.63) is 48.0 Å². The van der Waals surface area contributed by atoms with Crippen LogP contribution in [0, 0.1) is 0 Å². The number of para-hydroxylation sites is 1. The average molecular weight is 394 g/mol. The number of anilines is 3. The largest absolute Gasteiger partial charge is 0.482 e. The maximum absolute atomic E-state index is 12.4. The summed E-state index contributed by atoms with van der Waals surface area (Å²) in [6.07, 6.45) is 0.164. The molecule has 4 N–H and O–H groups in total. The molecule has 9 heteroatoms. The molecule has 148 valence electrons. The second-order valence-corrected chi connectivity index (χ2v) is 6.70. The van der Waals surface area contributed by atoms with Crippen molar-refractivity contribution in [3.8, 4) is 5.75 Å². The Labute approximate surface area is 165 Å². The molecule has 4 rings (SSSR count). The Hall–Kier alpha value is -3.88. The molecule has 0 aromatic heterocycles. The third kappa shape index (κ3) is 4.03. The number of hydrogen-bond acceptors (Lipinski definition) is 5. The highest BCUT2D eigenvalue weighted by molar-refractivity contribution is 6.10. The molecule has 2 aromatic carbocycles. The molecule has 0 fully saturated rings. The van der Waals surface area contributed by atoms with E-state index in [1.807, 2.05) is 0 Å². The molecule has 2 aliphatic rings. The Morgan fingerprint density at radius 1 is 1.07 bits per heavy atom. The molecule has 0 saturated heterocycles. The number of fused-ring (bicyclic) bond motifs is 2. The first-order valence-corrected chi connectivity index (χ1v) is 9.07. The van der Waals surface area contributed by atoms with Crippen LogP contribution in [0.25, 0.3) is 0 Å². The Balaban J connectivity index is 1.36. The monoisotopic (exact) mass is 394 g/mol. The van der Waals surface area contributed by atoms with Crippen molar-refractivity contribution in [2.45, 2.75) is 18.9 Å². The van der Waals surface area contributed by atoms with E-state index in [0.29, 0.717) is 28.4 Å². The summed E-state index contributed by atoms with van der Waals surface area (Å²) < 4.78 is 5.27. The fourth-order valence-electron chi connectivity index (χ4n) is 3.17. The first-order chi connectivity index (χ1) is 14.0. The van der Waals surface area contributed by atoms with E-state index in [9.17, 15) is 19.2 Å². The Kier molecular flexibility index (Phi) is 4.86. The van der Waals surface area contributed by atoms with Crippen LogP contribution in [0.4, 0.5) is 17.1 Å². The van der Waals surface area contributed by atoms with Crippen LogP contribution in [0.15, 0.2) is 42.5 Å². The lowest BCUT2D eigenvalue weighted by molar-refractivity contribution is -0.119. The van der Waals surface area contributed by atoms with Crippen molar-refractivity contribution in [1.29, 1.82) is 0 Å². The molecule has 0 bridgehead atoms. The number of hydrogen-bond donors (Lipinski definition) is 4. The fraction of sp³-hybridized carbons (Fsp3) is 0.200. The highest BCUT2D eigenvalue weighted by Gasteiger charge is 2.28. The summed E-state index contributed by atoms with van der Waals surface area (Å²) in [4.78, 5) is 48.4. The Morgan fingerprint density at radius 3 is 2.76 bits per heavy atom. The van der Waals surface area contributed by atoms with Gasteiger partial charge in [0.05, 0.1) is 16.9 Å². The molecule has 0 unspecified atom stereocenters. The zero-order valence-electron chi connectivity index (χ0n) is 15.3. The van der Waals surface area contributed by atoms with Gasteiger partial charge in [-0.15, -0.1) is 0 Å². The third-order valence-electron chi connectivity index (χ3n) is 4.61. The van der Waals surface area contributed by atoms with Crippen LogP contribution < -0.4 is 26.0 Å². The highest BCUT2D eigenvalue weighted by atomic mass is 16.5. The summed E-state index contributed by atoms with van der Waals surface area (Å²) in [5, 5.41) is 10.7. The molecule has 0 spiro atoms. The van der Waals surface area contributed by atoms with Gasteiger partial charge in [-0.2, -0.15) is 0 Å². The van der Waals surface area contributed by atoms with E-state index in [2.05, 4.69) is 21.3 Å². The van der Waals surface area contributed by atoms with Gasteiger partial charge in [0.1, 0.15) is 11.8 Å². The number of nitrogens with one attached hydrogen (secondary N) is 4. The van der Waals surface area contributed by atoms with Crippen LogP contribution in [0.1, 0.15) is 23.2 Å². The minimum Gasteiger partial charge on any atom is -0.482 e. The summed E-state index contributed by atoms with van der Waals surface area (Å²) in [7, 11) is 0. The van der Waals surface area contributed by atoms with Crippen molar-refractivity contribution in [2.75, 3.05) is 22.6 Å². The molecular weight excluding hydrogens is 376 g/mol. The van der Waals surface area contributed by atoms with Crippen molar-refractivity contribution >= 4 is 40.7 Å². The van der Waals surface area contributed by atoms with Crippen LogP contribution in [0.3, 0.4) is 0 Å².